The third kappa shape index (κ3) is 4.92. The monoisotopic (exact) mass is 409 g/mol. The SMILES string of the molecule is CCOc1ccc(CCNC(=O)Cn2cc(C(N)=O)c3ccccc32)cc1OCC. The predicted molar refractivity (Wildman–Crippen MR) is 116 cm³/mol. The highest BCUT2D eigenvalue weighted by molar-refractivity contribution is 6.06. The number of amides is 2. The Morgan fingerprint density at radius 3 is 2.50 bits per heavy atom. The van der Waals surface area contributed by atoms with Crippen molar-refractivity contribution in [3.8, 4) is 11.5 Å². The lowest BCUT2D eigenvalue weighted by molar-refractivity contribution is -0.121. The Hall–Kier alpha value is -3.48. The van der Waals surface area contributed by atoms with Gasteiger partial charge in [-0.25, -0.2) is 0 Å². The molecule has 0 saturated carbocycles. The van der Waals surface area contributed by atoms with E-state index in [1.54, 1.807) is 10.8 Å². The molecule has 0 aliphatic carbocycles. The summed E-state index contributed by atoms with van der Waals surface area (Å²) in [5, 5.41) is 3.67. The third-order valence-corrected chi connectivity index (χ3v) is 4.71. The smallest absolute Gasteiger partial charge is 0.250 e. The van der Waals surface area contributed by atoms with Crippen LogP contribution in [0.4, 0.5) is 0 Å². The summed E-state index contributed by atoms with van der Waals surface area (Å²) in [5.74, 6) is 0.784. The molecule has 0 aliphatic rings. The van der Waals surface area contributed by atoms with E-state index in [2.05, 4.69) is 5.32 Å². The highest BCUT2D eigenvalue weighted by atomic mass is 16.5. The maximum absolute atomic E-state index is 12.4. The zero-order valence-corrected chi connectivity index (χ0v) is 17.3. The van der Waals surface area contributed by atoms with Crippen LogP contribution in [0.5, 0.6) is 11.5 Å². The summed E-state index contributed by atoms with van der Waals surface area (Å²) < 4.78 is 13.0. The Morgan fingerprint density at radius 1 is 1.03 bits per heavy atom. The fourth-order valence-corrected chi connectivity index (χ4v) is 3.38. The van der Waals surface area contributed by atoms with Crippen molar-refractivity contribution in [2.75, 3.05) is 19.8 Å². The van der Waals surface area contributed by atoms with E-state index in [1.807, 2.05) is 56.3 Å². The average Bonchev–Trinajstić information content (AvgIpc) is 3.09. The number of rotatable bonds is 10. The summed E-state index contributed by atoms with van der Waals surface area (Å²) in [5.41, 5.74) is 7.72. The van der Waals surface area contributed by atoms with Crippen molar-refractivity contribution in [2.45, 2.75) is 26.8 Å². The van der Waals surface area contributed by atoms with Crippen LogP contribution in [-0.4, -0.2) is 36.1 Å². The highest BCUT2D eigenvalue weighted by Crippen LogP contribution is 2.28. The van der Waals surface area contributed by atoms with Gasteiger partial charge in [0.15, 0.2) is 11.5 Å². The van der Waals surface area contributed by atoms with Gasteiger partial charge < -0.3 is 25.1 Å². The van der Waals surface area contributed by atoms with Crippen molar-refractivity contribution < 1.29 is 19.1 Å². The maximum atomic E-state index is 12.4. The van der Waals surface area contributed by atoms with Crippen LogP contribution in [0.2, 0.25) is 0 Å². The first-order chi connectivity index (χ1) is 14.5. The molecule has 0 spiro atoms. The molecule has 0 aliphatic heterocycles. The molecule has 2 aromatic carbocycles. The number of fused-ring (bicyclic) bond motifs is 1. The fraction of sp³-hybridized carbons (Fsp3) is 0.304. The molecule has 0 bridgehead atoms. The largest absolute Gasteiger partial charge is 0.490 e. The molecule has 3 rings (SSSR count). The van der Waals surface area contributed by atoms with E-state index in [0.717, 1.165) is 22.2 Å². The van der Waals surface area contributed by atoms with Crippen LogP contribution < -0.4 is 20.5 Å². The quantitative estimate of drug-likeness (QED) is 0.538. The number of carbonyl (C=O) groups is 2. The normalized spacial score (nSPS) is 10.7. The van der Waals surface area contributed by atoms with Gasteiger partial charge in [-0.3, -0.25) is 9.59 Å². The predicted octanol–water partition coefficient (Wildman–Crippen LogP) is 2.90. The first-order valence-corrected chi connectivity index (χ1v) is 10.1. The number of para-hydroxylation sites is 1. The summed E-state index contributed by atoms with van der Waals surface area (Å²) >= 11 is 0. The van der Waals surface area contributed by atoms with Crippen molar-refractivity contribution in [1.82, 2.24) is 9.88 Å². The summed E-state index contributed by atoms with van der Waals surface area (Å²) in [6, 6.07) is 13.2. The molecule has 0 saturated heterocycles. The van der Waals surface area contributed by atoms with Crippen molar-refractivity contribution in [3.05, 3.63) is 59.8 Å². The van der Waals surface area contributed by atoms with Crippen molar-refractivity contribution >= 4 is 22.7 Å². The number of ether oxygens (including phenoxy) is 2. The molecule has 3 aromatic rings. The Morgan fingerprint density at radius 2 is 1.77 bits per heavy atom. The van der Waals surface area contributed by atoms with Crippen molar-refractivity contribution in [3.63, 3.8) is 0 Å². The molecule has 7 nitrogen and oxygen atoms in total. The van der Waals surface area contributed by atoms with Gasteiger partial charge in [0.2, 0.25) is 5.91 Å². The lowest BCUT2D eigenvalue weighted by Gasteiger charge is -2.13. The minimum absolute atomic E-state index is 0.112. The number of nitrogens with two attached hydrogens (primary N) is 1. The lowest BCUT2D eigenvalue weighted by Crippen LogP contribution is -2.29. The molecule has 0 atom stereocenters. The Kier molecular flexibility index (Phi) is 6.95. The van der Waals surface area contributed by atoms with Crippen LogP contribution in [0.25, 0.3) is 10.9 Å². The molecule has 7 heteroatoms. The molecule has 30 heavy (non-hydrogen) atoms. The standard InChI is InChI=1S/C23H27N3O4/c1-3-29-20-10-9-16(13-21(20)30-4-2)11-12-25-22(27)15-26-14-18(23(24)28)17-7-5-6-8-19(17)26/h5-10,13-14H,3-4,11-12,15H2,1-2H3,(H2,24,28)(H,25,27). The number of primary amides is 1. The van der Waals surface area contributed by atoms with E-state index in [1.165, 1.54) is 0 Å². The lowest BCUT2D eigenvalue weighted by atomic mass is 10.1. The summed E-state index contributed by atoms with van der Waals surface area (Å²) in [7, 11) is 0. The van der Waals surface area contributed by atoms with Crippen LogP contribution >= 0.6 is 0 Å². The molecule has 1 aromatic heterocycles. The molecular formula is C23H27N3O4. The summed E-state index contributed by atoms with van der Waals surface area (Å²) in [6.07, 6.45) is 2.30. The van der Waals surface area contributed by atoms with E-state index < -0.39 is 5.91 Å². The van der Waals surface area contributed by atoms with Crippen LogP contribution in [0.3, 0.4) is 0 Å². The second-order valence-corrected chi connectivity index (χ2v) is 6.80. The number of carbonyl (C=O) groups excluding carboxylic acids is 2. The number of benzene rings is 2. The van der Waals surface area contributed by atoms with Gasteiger partial charge >= 0.3 is 0 Å². The minimum atomic E-state index is -0.508. The van der Waals surface area contributed by atoms with Crippen molar-refractivity contribution in [2.24, 2.45) is 5.73 Å². The zero-order valence-electron chi connectivity index (χ0n) is 17.3. The molecule has 158 valence electrons. The van der Waals surface area contributed by atoms with E-state index in [4.69, 9.17) is 15.2 Å². The first-order valence-electron chi connectivity index (χ1n) is 10.1. The molecule has 2 amide bonds. The summed E-state index contributed by atoms with van der Waals surface area (Å²) in [6.45, 7) is 5.58. The number of aromatic nitrogens is 1. The molecule has 0 radical (unpaired) electrons. The Balaban J connectivity index is 1.61. The molecule has 3 N–H and O–H groups in total. The minimum Gasteiger partial charge on any atom is -0.490 e. The molecule has 1 heterocycles. The van der Waals surface area contributed by atoms with Gasteiger partial charge in [-0.1, -0.05) is 24.3 Å². The van der Waals surface area contributed by atoms with Crippen LogP contribution in [-0.2, 0) is 17.8 Å². The van der Waals surface area contributed by atoms with Gasteiger partial charge in [0.05, 0.1) is 18.8 Å². The third-order valence-electron chi connectivity index (χ3n) is 4.71. The van der Waals surface area contributed by atoms with Gasteiger partial charge in [-0.15, -0.1) is 0 Å². The van der Waals surface area contributed by atoms with E-state index >= 15 is 0 Å². The average molecular weight is 409 g/mol. The summed E-state index contributed by atoms with van der Waals surface area (Å²) in [4.78, 5) is 24.1. The van der Waals surface area contributed by atoms with E-state index in [-0.39, 0.29) is 12.5 Å². The van der Waals surface area contributed by atoms with Crippen LogP contribution in [0.1, 0.15) is 29.8 Å². The highest BCUT2D eigenvalue weighted by Gasteiger charge is 2.14. The first kappa shape index (κ1) is 21.2. The number of nitrogens with zero attached hydrogens (tertiary/aromatic N) is 1. The van der Waals surface area contributed by atoms with Gasteiger partial charge in [0, 0.05) is 23.6 Å². The van der Waals surface area contributed by atoms with Crippen molar-refractivity contribution in [1.29, 1.82) is 0 Å². The Bertz CT molecular complexity index is 1040. The molecule has 0 unspecified atom stereocenters. The topological polar surface area (TPSA) is 95.6 Å². The van der Waals surface area contributed by atoms with E-state index in [9.17, 15) is 9.59 Å². The maximum Gasteiger partial charge on any atom is 0.250 e. The molecule has 0 fully saturated rings. The van der Waals surface area contributed by atoms with E-state index in [0.29, 0.717) is 37.5 Å². The zero-order chi connectivity index (χ0) is 21.5. The van der Waals surface area contributed by atoms with Gasteiger partial charge in [-0.2, -0.15) is 0 Å². The van der Waals surface area contributed by atoms with Gasteiger partial charge in [0.1, 0.15) is 6.54 Å². The second-order valence-electron chi connectivity index (χ2n) is 6.80. The van der Waals surface area contributed by atoms with Gasteiger partial charge in [-0.05, 0) is 44.0 Å². The number of hydrogen-bond acceptors (Lipinski definition) is 4. The Labute approximate surface area is 175 Å². The van der Waals surface area contributed by atoms with Gasteiger partial charge in [0.25, 0.3) is 5.91 Å². The molecular weight excluding hydrogens is 382 g/mol. The number of nitrogens with one attached hydrogen (secondary N) is 1. The number of hydrogen-bond donors (Lipinski definition) is 2. The van der Waals surface area contributed by atoms with Crippen LogP contribution in [0.15, 0.2) is 48.7 Å². The fourth-order valence-electron chi connectivity index (χ4n) is 3.38. The second kappa shape index (κ2) is 9.82. The van der Waals surface area contributed by atoms with Crippen LogP contribution in [0, 0.1) is 0 Å².